The van der Waals surface area contributed by atoms with E-state index in [4.69, 9.17) is 15.5 Å². The van der Waals surface area contributed by atoms with E-state index in [1.165, 1.54) is 0 Å². The average Bonchev–Trinajstić information content (AvgIpc) is 3.01. The summed E-state index contributed by atoms with van der Waals surface area (Å²) in [5.74, 6) is 0.931. The second kappa shape index (κ2) is 5.99. The van der Waals surface area contributed by atoms with Crippen LogP contribution in [0, 0.1) is 0 Å². The smallest absolute Gasteiger partial charge is 0.224 e. The van der Waals surface area contributed by atoms with Gasteiger partial charge in [0, 0.05) is 13.1 Å². The normalized spacial score (nSPS) is 15.3. The highest BCUT2D eigenvalue weighted by Gasteiger charge is 2.19. The third-order valence-electron chi connectivity index (χ3n) is 3.54. The van der Waals surface area contributed by atoms with E-state index in [1.807, 2.05) is 12.1 Å². The zero-order chi connectivity index (χ0) is 15.8. The van der Waals surface area contributed by atoms with Crippen LogP contribution in [-0.2, 0) is 4.74 Å². The number of thiophene rings is 1. The molecule has 0 saturated carbocycles. The molecule has 4 rings (SSSR count). The zero-order valence-corrected chi connectivity index (χ0v) is 14.5. The van der Waals surface area contributed by atoms with E-state index >= 15 is 0 Å². The quantitative estimate of drug-likeness (QED) is 0.715. The molecule has 3 aromatic rings. The molecule has 0 radical (unpaired) electrons. The van der Waals surface area contributed by atoms with Gasteiger partial charge in [-0.15, -0.1) is 11.3 Å². The fraction of sp³-hybridized carbons (Fsp3) is 0.286. The van der Waals surface area contributed by atoms with E-state index in [9.17, 15) is 0 Å². The minimum absolute atomic E-state index is 0.208. The Morgan fingerprint density at radius 1 is 1.17 bits per heavy atom. The number of rotatable bonds is 2. The van der Waals surface area contributed by atoms with Crippen LogP contribution in [0.3, 0.4) is 0 Å². The van der Waals surface area contributed by atoms with Crippen LogP contribution in [0.4, 0.5) is 11.8 Å². The maximum Gasteiger partial charge on any atom is 0.224 e. The maximum atomic E-state index is 5.83. The largest absolute Gasteiger partial charge is 0.378 e. The summed E-state index contributed by atoms with van der Waals surface area (Å²) < 4.78 is 6.46. The molecule has 1 aliphatic rings. The number of ether oxygens (including phenoxy) is 1. The summed E-state index contributed by atoms with van der Waals surface area (Å²) in [7, 11) is 0. The molecule has 7 nitrogen and oxygen atoms in total. The summed E-state index contributed by atoms with van der Waals surface area (Å²) in [4.78, 5) is 20.9. The molecule has 0 spiro atoms. The molecule has 23 heavy (non-hydrogen) atoms. The van der Waals surface area contributed by atoms with Crippen LogP contribution in [-0.4, -0.2) is 46.2 Å². The number of anilines is 2. The number of fused-ring (bicyclic) bond motifs is 1. The third-order valence-corrected chi connectivity index (χ3v) is 5.19. The second-order valence-electron chi connectivity index (χ2n) is 5.04. The first-order valence-corrected chi connectivity index (χ1v) is 8.70. The van der Waals surface area contributed by atoms with Gasteiger partial charge >= 0.3 is 0 Å². The van der Waals surface area contributed by atoms with Crippen LogP contribution in [0.1, 0.15) is 0 Å². The van der Waals surface area contributed by atoms with Crippen molar-refractivity contribution in [1.82, 2.24) is 19.9 Å². The number of halogens is 1. The summed E-state index contributed by atoms with van der Waals surface area (Å²) in [6.07, 6.45) is 1.72. The van der Waals surface area contributed by atoms with Crippen molar-refractivity contribution in [3.8, 4) is 10.6 Å². The SMILES string of the molecule is Nc1nc(N2CCOCC2)c2nc(-c3ccc(Br)s3)cnc2n1. The van der Waals surface area contributed by atoms with Crippen molar-refractivity contribution in [1.29, 1.82) is 0 Å². The van der Waals surface area contributed by atoms with Crippen LogP contribution in [0.2, 0.25) is 0 Å². The molecule has 0 amide bonds. The van der Waals surface area contributed by atoms with Gasteiger partial charge in [-0.2, -0.15) is 9.97 Å². The molecule has 1 saturated heterocycles. The lowest BCUT2D eigenvalue weighted by Crippen LogP contribution is -2.37. The zero-order valence-electron chi connectivity index (χ0n) is 12.1. The van der Waals surface area contributed by atoms with Gasteiger partial charge in [0.25, 0.3) is 0 Å². The van der Waals surface area contributed by atoms with Crippen molar-refractivity contribution in [3.05, 3.63) is 22.1 Å². The predicted octanol–water partition coefficient (Wildman–Crippen LogP) is 2.33. The van der Waals surface area contributed by atoms with Gasteiger partial charge in [-0.1, -0.05) is 0 Å². The Kier molecular flexibility index (Phi) is 3.83. The lowest BCUT2D eigenvalue weighted by molar-refractivity contribution is 0.122. The highest BCUT2D eigenvalue weighted by Crippen LogP contribution is 2.31. The van der Waals surface area contributed by atoms with E-state index in [0.717, 1.165) is 33.3 Å². The first kappa shape index (κ1) is 14.7. The van der Waals surface area contributed by atoms with Crippen molar-refractivity contribution in [2.75, 3.05) is 36.9 Å². The number of nitrogens with two attached hydrogens (primary N) is 1. The van der Waals surface area contributed by atoms with Gasteiger partial charge in [-0.05, 0) is 28.1 Å². The van der Waals surface area contributed by atoms with Crippen molar-refractivity contribution in [2.45, 2.75) is 0 Å². The number of morpholine rings is 1. The Morgan fingerprint density at radius 3 is 2.74 bits per heavy atom. The molecule has 4 heterocycles. The van der Waals surface area contributed by atoms with Crippen LogP contribution in [0.5, 0.6) is 0 Å². The standard InChI is InChI=1S/C14H13BrN6OS/c15-10-2-1-9(23-10)8-7-17-12-11(18-8)13(20-14(16)19-12)21-3-5-22-6-4-21/h1-2,7H,3-6H2,(H2,16,17,19,20). The van der Waals surface area contributed by atoms with Crippen LogP contribution >= 0.6 is 27.3 Å². The van der Waals surface area contributed by atoms with Crippen molar-refractivity contribution < 1.29 is 4.74 Å². The topological polar surface area (TPSA) is 90.0 Å². The van der Waals surface area contributed by atoms with E-state index < -0.39 is 0 Å². The predicted molar refractivity (Wildman–Crippen MR) is 93.6 cm³/mol. The van der Waals surface area contributed by atoms with E-state index in [1.54, 1.807) is 17.5 Å². The van der Waals surface area contributed by atoms with Gasteiger partial charge < -0.3 is 15.4 Å². The van der Waals surface area contributed by atoms with E-state index in [-0.39, 0.29) is 5.95 Å². The molecule has 1 fully saturated rings. The van der Waals surface area contributed by atoms with Gasteiger partial charge in [-0.3, -0.25) is 0 Å². The Bertz CT molecular complexity index is 864. The molecule has 2 N–H and O–H groups in total. The monoisotopic (exact) mass is 392 g/mol. The van der Waals surface area contributed by atoms with Gasteiger partial charge in [0.05, 0.1) is 33.8 Å². The lowest BCUT2D eigenvalue weighted by atomic mass is 10.3. The molecular weight excluding hydrogens is 380 g/mol. The van der Waals surface area contributed by atoms with Crippen LogP contribution < -0.4 is 10.6 Å². The van der Waals surface area contributed by atoms with Crippen molar-refractivity contribution >= 4 is 50.2 Å². The summed E-state index contributed by atoms with van der Waals surface area (Å²) in [5, 5.41) is 0. The number of aromatic nitrogens is 4. The molecule has 0 atom stereocenters. The molecule has 3 aromatic heterocycles. The molecule has 118 valence electrons. The molecule has 0 bridgehead atoms. The number of hydrogen-bond acceptors (Lipinski definition) is 8. The molecule has 0 unspecified atom stereocenters. The number of hydrogen-bond donors (Lipinski definition) is 1. The fourth-order valence-corrected chi connectivity index (χ4v) is 3.82. The summed E-state index contributed by atoms with van der Waals surface area (Å²) in [6.45, 7) is 2.83. The molecule has 0 aromatic carbocycles. The highest BCUT2D eigenvalue weighted by molar-refractivity contribution is 9.11. The highest BCUT2D eigenvalue weighted by atomic mass is 79.9. The fourth-order valence-electron chi connectivity index (χ4n) is 2.48. The van der Waals surface area contributed by atoms with Gasteiger partial charge in [0.15, 0.2) is 17.0 Å². The summed E-state index contributed by atoms with van der Waals surface area (Å²) in [6, 6.07) is 4.01. The summed E-state index contributed by atoms with van der Waals surface area (Å²) >= 11 is 5.08. The van der Waals surface area contributed by atoms with Crippen LogP contribution in [0.25, 0.3) is 21.7 Å². The Hall–Kier alpha value is -1.84. The lowest BCUT2D eigenvalue weighted by Gasteiger charge is -2.28. The first-order chi connectivity index (χ1) is 11.2. The van der Waals surface area contributed by atoms with Gasteiger partial charge in [0.2, 0.25) is 5.95 Å². The molecular formula is C14H13BrN6OS. The third kappa shape index (κ3) is 2.87. The maximum absolute atomic E-state index is 5.83. The Balaban J connectivity index is 1.86. The first-order valence-electron chi connectivity index (χ1n) is 7.09. The minimum atomic E-state index is 0.208. The van der Waals surface area contributed by atoms with E-state index in [0.29, 0.717) is 24.4 Å². The Morgan fingerprint density at radius 2 is 2.00 bits per heavy atom. The molecule has 0 aliphatic carbocycles. The number of nitrogen functional groups attached to an aromatic ring is 1. The van der Waals surface area contributed by atoms with Crippen molar-refractivity contribution in [2.24, 2.45) is 0 Å². The number of nitrogens with zero attached hydrogens (tertiary/aromatic N) is 5. The van der Waals surface area contributed by atoms with Gasteiger partial charge in [0.1, 0.15) is 0 Å². The van der Waals surface area contributed by atoms with E-state index in [2.05, 4.69) is 35.8 Å². The minimum Gasteiger partial charge on any atom is -0.378 e. The van der Waals surface area contributed by atoms with Crippen LogP contribution in [0.15, 0.2) is 22.1 Å². The summed E-state index contributed by atoms with van der Waals surface area (Å²) in [5.41, 5.74) is 7.82. The molecule has 9 heteroatoms. The molecule has 1 aliphatic heterocycles. The van der Waals surface area contributed by atoms with Gasteiger partial charge in [-0.25, -0.2) is 9.97 Å². The second-order valence-corrected chi connectivity index (χ2v) is 7.50. The Labute approximate surface area is 144 Å². The average molecular weight is 393 g/mol. The van der Waals surface area contributed by atoms with Crippen molar-refractivity contribution in [3.63, 3.8) is 0 Å².